The van der Waals surface area contributed by atoms with Crippen LogP contribution in [0.3, 0.4) is 0 Å². The van der Waals surface area contributed by atoms with Gasteiger partial charge >= 0.3 is 6.18 Å². The molecule has 0 atom stereocenters. The van der Waals surface area contributed by atoms with Gasteiger partial charge in [0.2, 0.25) is 0 Å². The Kier molecular flexibility index (Phi) is 5.03. The highest BCUT2D eigenvalue weighted by atomic mass is 19.4. The molecule has 1 amide bonds. The molecule has 140 valence electrons. The van der Waals surface area contributed by atoms with E-state index >= 15 is 0 Å². The standard InChI is InChI=1S/C20H18F3N3O/c1-25(12-14-11-24-26(2)13-14)19(27)18-6-4-3-5-17(18)15-7-9-16(10-8-15)20(21,22)23/h3-11,13H,12H2,1-2H3. The van der Waals surface area contributed by atoms with E-state index in [1.165, 1.54) is 12.1 Å². The second-order valence-electron chi connectivity index (χ2n) is 6.30. The first-order valence-corrected chi connectivity index (χ1v) is 8.25. The van der Waals surface area contributed by atoms with Crippen LogP contribution in [0, 0.1) is 0 Å². The second kappa shape index (κ2) is 7.26. The summed E-state index contributed by atoms with van der Waals surface area (Å²) in [4.78, 5) is 14.5. The maximum Gasteiger partial charge on any atom is 0.416 e. The Labute approximate surface area is 154 Å². The zero-order valence-corrected chi connectivity index (χ0v) is 14.9. The van der Waals surface area contributed by atoms with Gasteiger partial charge < -0.3 is 4.90 Å². The molecule has 27 heavy (non-hydrogen) atoms. The Morgan fingerprint density at radius 1 is 1.11 bits per heavy atom. The van der Waals surface area contributed by atoms with Gasteiger partial charge in [0.05, 0.1) is 11.8 Å². The highest BCUT2D eigenvalue weighted by Crippen LogP contribution is 2.32. The quantitative estimate of drug-likeness (QED) is 0.681. The molecule has 0 aliphatic carbocycles. The number of halogens is 3. The fourth-order valence-electron chi connectivity index (χ4n) is 2.86. The second-order valence-corrected chi connectivity index (χ2v) is 6.30. The van der Waals surface area contributed by atoms with E-state index in [2.05, 4.69) is 5.10 Å². The van der Waals surface area contributed by atoms with Gasteiger partial charge in [0.25, 0.3) is 5.91 Å². The summed E-state index contributed by atoms with van der Waals surface area (Å²) >= 11 is 0. The molecule has 0 N–H and O–H groups in total. The van der Waals surface area contributed by atoms with E-state index in [0.29, 0.717) is 23.2 Å². The van der Waals surface area contributed by atoms with Crippen molar-refractivity contribution in [3.63, 3.8) is 0 Å². The lowest BCUT2D eigenvalue weighted by Gasteiger charge is -2.18. The summed E-state index contributed by atoms with van der Waals surface area (Å²) in [7, 11) is 3.48. The van der Waals surface area contributed by atoms with Gasteiger partial charge in [-0.25, -0.2) is 0 Å². The van der Waals surface area contributed by atoms with Crippen molar-refractivity contribution in [2.45, 2.75) is 12.7 Å². The zero-order valence-electron chi connectivity index (χ0n) is 14.9. The normalized spacial score (nSPS) is 11.4. The van der Waals surface area contributed by atoms with Crippen LogP contribution in [0.2, 0.25) is 0 Å². The number of rotatable bonds is 4. The topological polar surface area (TPSA) is 38.1 Å². The number of nitrogens with zero attached hydrogens (tertiary/aromatic N) is 3. The molecule has 2 aromatic carbocycles. The lowest BCUT2D eigenvalue weighted by atomic mass is 9.97. The monoisotopic (exact) mass is 373 g/mol. The number of carbonyl (C=O) groups is 1. The van der Waals surface area contributed by atoms with Gasteiger partial charge in [-0.2, -0.15) is 18.3 Å². The fourth-order valence-corrected chi connectivity index (χ4v) is 2.86. The third-order valence-corrected chi connectivity index (χ3v) is 4.21. The van der Waals surface area contributed by atoms with Crippen LogP contribution in [0.5, 0.6) is 0 Å². The minimum atomic E-state index is -4.39. The van der Waals surface area contributed by atoms with E-state index in [9.17, 15) is 18.0 Å². The lowest BCUT2D eigenvalue weighted by molar-refractivity contribution is -0.137. The van der Waals surface area contributed by atoms with Gasteiger partial charge in [-0.15, -0.1) is 0 Å². The highest BCUT2D eigenvalue weighted by Gasteiger charge is 2.30. The Balaban J connectivity index is 1.88. The average molecular weight is 373 g/mol. The number of amides is 1. The summed E-state index contributed by atoms with van der Waals surface area (Å²) in [6.07, 6.45) is -0.880. The highest BCUT2D eigenvalue weighted by molar-refractivity contribution is 6.00. The number of alkyl halides is 3. The van der Waals surface area contributed by atoms with Crippen molar-refractivity contribution in [3.05, 3.63) is 77.6 Å². The molecular formula is C20H18F3N3O. The number of hydrogen-bond donors (Lipinski definition) is 0. The largest absolute Gasteiger partial charge is 0.416 e. The third-order valence-electron chi connectivity index (χ3n) is 4.21. The first-order valence-electron chi connectivity index (χ1n) is 8.25. The molecule has 7 heteroatoms. The molecular weight excluding hydrogens is 355 g/mol. The van der Waals surface area contributed by atoms with Crippen molar-refractivity contribution in [1.82, 2.24) is 14.7 Å². The lowest BCUT2D eigenvalue weighted by Crippen LogP contribution is -2.26. The van der Waals surface area contributed by atoms with Gasteiger partial charge in [0, 0.05) is 38.0 Å². The van der Waals surface area contributed by atoms with E-state index in [0.717, 1.165) is 17.7 Å². The van der Waals surface area contributed by atoms with Gasteiger partial charge in [-0.05, 0) is 29.3 Å². The average Bonchev–Trinajstić information content (AvgIpc) is 3.05. The molecule has 0 aliphatic rings. The SMILES string of the molecule is CN(Cc1cnn(C)c1)C(=O)c1ccccc1-c1ccc(C(F)(F)F)cc1. The first-order chi connectivity index (χ1) is 12.8. The van der Waals surface area contributed by atoms with E-state index < -0.39 is 11.7 Å². The van der Waals surface area contributed by atoms with Crippen molar-refractivity contribution in [2.75, 3.05) is 7.05 Å². The number of aryl methyl sites for hydroxylation is 1. The third kappa shape index (κ3) is 4.19. The van der Waals surface area contributed by atoms with Crippen molar-refractivity contribution in [1.29, 1.82) is 0 Å². The molecule has 3 rings (SSSR count). The van der Waals surface area contributed by atoms with Crippen LogP contribution >= 0.6 is 0 Å². The molecule has 0 saturated heterocycles. The van der Waals surface area contributed by atoms with E-state index in [-0.39, 0.29) is 5.91 Å². The number of hydrogen-bond acceptors (Lipinski definition) is 2. The molecule has 3 aromatic rings. The maximum absolute atomic E-state index is 12.9. The van der Waals surface area contributed by atoms with Crippen molar-refractivity contribution in [2.24, 2.45) is 7.05 Å². The molecule has 0 aliphatic heterocycles. The van der Waals surface area contributed by atoms with Crippen LogP contribution < -0.4 is 0 Å². The molecule has 4 nitrogen and oxygen atoms in total. The van der Waals surface area contributed by atoms with E-state index in [1.807, 2.05) is 6.20 Å². The van der Waals surface area contributed by atoms with Gasteiger partial charge in [0.15, 0.2) is 0 Å². The number of benzene rings is 2. The van der Waals surface area contributed by atoms with E-state index in [4.69, 9.17) is 0 Å². The molecule has 1 heterocycles. The molecule has 0 unspecified atom stereocenters. The summed E-state index contributed by atoms with van der Waals surface area (Å²) in [5.74, 6) is -0.214. The zero-order chi connectivity index (χ0) is 19.6. The smallest absolute Gasteiger partial charge is 0.337 e. The predicted octanol–water partition coefficient (Wildman–Crippen LogP) is 4.38. The Morgan fingerprint density at radius 2 is 1.78 bits per heavy atom. The minimum Gasteiger partial charge on any atom is -0.337 e. The molecule has 0 spiro atoms. The fraction of sp³-hybridized carbons (Fsp3) is 0.200. The van der Waals surface area contributed by atoms with Crippen LogP contribution in [0.25, 0.3) is 11.1 Å². The van der Waals surface area contributed by atoms with Crippen molar-refractivity contribution >= 4 is 5.91 Å². The Bertz CT molecular complexity index is 946. The summed E-state index contributed by atoms with van der Waals surface area (Å²) in [6, 6.07) is 11.7. The number of aromatic nitrogens is 2. The summed E-state index contributed by atoms with van der Waals surface area (Å²) < 4.78 is 40.0. The Morgan fingerprint density at radius 3 is 2.37 bits per heavy atom. The van der Waals surface area contributed by atoms with Crippen LogP contribution in [0.4, 0.5) is 13.2 Å². The molecule has 0 saturated carbocycles. The van der Waals surface area contributed by atoms with E-state index in [1.54, 1.807) is 54.1 Å². The molecule has 0 bridgehead atoms. The van der Waals surface area contributed by atoms with Crippen LogP contribution in [-0.4, -0.2) is 27.6 Å². The molecule has 0 fully saturated rings. The van der Waals surface area contributed by atoms with Gasteiger partial charge in [-0.3, -0.25) is 9.48 Å². The molecule has 1 aromatic heterocycles. The van der Waals surface area contributed by atoms with Crippen LogP contribution in [0.15, 0.2) is 60.9 Å². The van der Waals surface area contributed by atoms with Crippen molar-refractivity contribution < 1.29 is 18.0 Å². The van der Waals surface area contributed by atoms with Gasteiger partial charge in [0.1, 0.15) is 0 Å². The summed E-state index contributed by atoms with van der Waals surface area (Å²) in [5, 5.41) is 4.08. The van der Waals surface area contributed by atoms with Gasteiger partial charge in [-0.1, -0.05) is 30.3 Å². The first kappa shape index (κ1) is 18.7. The van der Waals surface area contributed by atoms with Crippen LogP contribution in [0.1, 0.15) is 21.5 Å². The van der Waals surface area contributed by atoms with Crippen LogP contribution in [-0.2, 0) is 19.8 Å². The summed E-state index contributed by atoms with van der Waals surface area (Å²) in [6.45, 7) is 0.383. The Hall–Kier alpha value is -3.09. The number of carbonyl (C=O) groups excluding carboxylic acids is 1. The van der Waals surface area contributed by atoms with Crippen molar-refractivity contribution in [3.8, 4) is 11.1 Å². The maximum atomic E-state index is 12.9. The minimum absolute atomic E-state index is 0.214. The summed E-state index contributed by atoms with van der Waals surface area (Å²) in [5.41, 5.74) is 1.75. The molecule has 0 radical (unpaired) electrons. The predicted molar refractivity (Wildman–Crippen MR) is 95.9 cm³/mol.